The predicted octanol–water partition coefficient (Wildman–Crippen LogP) is 4.11. The average Bonchev–Trinajstić information content (AvgIpc) is 2.87. The highest BCUT2D eigenvalue weighted by Gasteiger charge is 2.48. The minimum absolute atomic E-state index is 0.0332. The van der Waals surface area contributed by atoms with Gasteiger partial charge < -0.3 is 14.8 Å². The number of hydrogen-bond donors (Lipinski definition) is 1. The maximum atomic E-state index is 14.6. The molecule has 1 heterocycles. The molecule has 1 N–H and O–H groups in total. The summed E-state index contributed by atoms with van der Waals surface area (Å²) in [6.07, 6.45) is -0.162. The summed E-state index contributed by atoms with van der Waals surface area (Å²) in [6, 6.07) is 8.20. The summed E-state index contributed by atoms with van der Waals surface area (Å²) in [5, 5.41) is 2.45. The molecule has 2 aromatic rings. The van der Waals surface area contributed by atoms with Gasteiger partial charge in [-0.2, -0.15) is 0 Å². The van der Waals surface area contributed by atoms with E-state index in [1.165, 1.54) is 26.2 Å². The van der Waals surface area contributed by atoms with Crippen LogP contribution in [-0.2, 0) is 4.79 Å². The maximum Gasteiger partial charge on any atom is 0.329 e. The van der Waals surface area contributed by atoms with Crippen molar-refractivity contribution < 1.29 is 27.8 Å². The van der Waals surface area contributed by atoms with E-state index in [-0.39, 0.29) is 17.9 Å². The maximum absolute atomic E-state index is 14.6. The number of carbonyl (C=O) groups excluding carboxylic acids is 2. The van der Waals surface area contributed by atoms with Gasteiger partial charge in [0.05, 0.1) is 19.5 Å². The van der Waals surface area contributed by atoms with Crippen LogP contribution >= 0.6 is 0 Å². The number of aryl methyl sites for hydroxylation is 1. The van der Waals surface area contributed by atoms with Crippen molar-refractivity contribution in [1.29, 1.82) is 0 Å². The fourth-order valence-corrected chi connectivity index (χ4v) is 2.97. The van der Waals surface area contributed by atoms with Crippen molar-refractivity contribution >= 4 is 17.6 Å². The molecule has 0 saturated carbocycles. The van der Waals surface area contributed by atoms with Gasteiger partial charge in [-0.3, -0.25) is 9.18 Å². The van der Waals surface area contributed by atoms with Crippen molar-refractivity contribution in [1.82, 2.24) is 5.32 Å². The van der Waals surface area contributed by atoms with Crippen LogP contribution in [0.3, 0.4) is 0 Å². The van der Waals surface area contributed by atoms with Gasteiger partial charge in [0.25, 0.3) is 5.91 Å². The van der Waals surface area contributed by atoms with E-state index in [0.717, 1.165) is 16.5 Å². The third kappa shape index (κ3) is 3.49. The summed E-state index contributed by atoms with van der Waals surface area (Å²) in [5.41, 5.74) is -0.368. The Morgan fingerprint density at radius 3 is 2.46 bits per heavy atom. The Morgan fingerprint density at radius 2 is 1.82 bits per heavy atom. The molecule has 8 heteroatoms. The number of carbonyl (C=O) groups is 2. The number of rotatable bonds is 6. The first kappa shape index (κ1) is 19.6. The second-order valence-electron chi connectivity index (χ2n) is 6.71. The van der Waals surface area contributed by atoms with Crippen LogP contribution in [0.4, 0.5) is 19.3 Å². The fraction of sp³-hybridized carbons (Fsp3) is 0.300. The largest absolute Gasteiger partial charge is 0.493 e. The number of amides is 3. The first-order valence-corrected chi connectivity index (χ1v) is 8.64. The molecule has 0 aromatic heterocycles. The molecular weight excluding hydrogens is 370 g/mol. The van der Waals surface area contributed by atoms with Crippen molar-refractivity contribution in [2.75, 3.05) is 18.7 Å². The Balaban J connectivity index is 1.87. The Kier molecular flexibility index (Phi) is 5.22. The second kappa shape index (κ2) is 7.46. The fourth-order valence-electron chi connectivity index (χ4n) is 2.97. The molecule has 1 fully saturated rings. The standard InChI is InChI=1S/C20H20F2N2O4/c1-12-4-6-16(17(10-12)27-3)28-15-7-5-13(11-14(15)22)24-18(25)20(2,8-9-21)23-19(24)26/h4-7,10-11H,8-9H2,1-3H3,(H,23,26). The Labute approximate surface area is 161 Å². The normalized spacial score (nSPS) is 19.0. The SMILES string of the molecule is COc1cc(C)ccc1Oc1ccc(N2C(=O)NC(C)(CCF)C2=O)cc1F. The first-order valence-electron chi connectivity index (χ1n) is 8.64. The molecule has 1 aliphatic rings. The molecule has 2 aromatic carbocycles. The number of urea groups is 1. The van der Waals surface area contributed by atoms with Crippen molar-refractivity contribution in [3.05, 3.63) is 47.8 Å². The lowest BCUT2D eigenvalue weighted by atomic mass is 9.99. The zero-order chi connectivity index (χ0) is 20.5. The molecule has 1 aliphatic heterocycles. The molecule has 3 rings (SSSR count). The van der Waals surface area contributed by atoms with Crippen molar-refractivity contribution in [2.45, 2.75) is 25.8 Å². The first-order chi connectivity index (χ1) is 13.3. The molecular formula is C20H20F2N2O4. The van der Waals surface area contributed by atoms with Crippen LogP contribution in [0.5, 0.6) is 17.2 Å². The van der Waals surface area contributed by atoms with E-state index < -0.39 is 30.0 Å². The highest BCUT2D eigenvalue weighted by molar-refractivity contribution is 6.23. The zero-order valence-corrected chi connectivity index (χ0v) is 15.7. The van der Waals surface area contributed by atoms with Gasteiger partial charge >= 0.3 is 6.03 Å². The minimum atomic E-state index is -1.35. The smallest absolute Gasteiger partial charge is 0.329 e. The molecule has 1 atom stereocenters. The highest BCUT2D eigenvalue weighted by atomic mass is 19.1. The van der Waals surface area contributed by atoms with Gasteiger partial charge in [-0.25, -0.2) is 14.1 Å². The van der Waals surface area contributed by atoms with Crippen LogP contribution in [-0.4, -0.2) is 31.3 Å². The summed E-state index contributed by atoms with van der Waals surface area (Å²) in [7, 11) is 1.48. The number of ether oxygens (including phenoxy) is 2. The number of imide groups is 1. The lowest BCUT2D eigenvalue weighted by molar-refractivity contribution is -0.121. The van der Waals surface area contributed by atoms with Gasteiger partial charge in [-0.15, -0.1) is 0 Å². The molecule has 0 aliphatic carbocycles. The Hall–Kier alpha value is -3.16. The van der Waals surface area contributed by atoms with Gasteiger partial charge in [0.1, 0.15) is 5.54 Å². The van der Waals surface area contributed by atoms with Crippen molar-refractivity contribution in [3.63, 3.8) is 0 Å². The van der Waals surface area contributed by atoms with E-state index in [1.807, 2.05) is 6.92 Å². The quantitative estimate of drug-likeness (QED) is 0.754. The number of hydrogen-bond acceptors (Lipinski definition) is 4. The minimum Gasteiger partial charge on any atom is -0.493 e. The average molecular weight is 390 g/mol. The number of alkyl halides is 1. The van der Waals surface area contributed by atoms with Gasteiger partial charge in [-0.1, -0.05) is 6.07 Å². The number of anilines is 1. The van der Waals surface area contributed by atoms with E-state index >= 15 is 0 Å². The number of benzene rings is 2. The molecule has 0 spiro atoms. The topological polar surface area (TPSA) is 67.9 Å². The Morgan fingerprint density at radius 1 is 1.11 bits per heavy atom. The summed E-state index contributed by atoms with van der Waals surface area (Å²) in [6.45, 7) is 2.55. The lowest BCUT2D eigenvalue weighted by Gasteiger charge is -2.20. The number of nitrogens with one attached hydrogen (secondary N) is 1. The van der Waals surface area contributed by atoms with Crippen molar-refractivity contribution in [2.24, 2.45) is 0 Å². The van der Waals surface area contributed by atoms with Crippen LogP contribution in [0.15, 0.2) is 36.4 Å². The molecule has 148 valence electrons. The number of methoxy groups -OCH3 is 1. The summed E-state index contributed by atoms with van der Waals surface area (Å²) >= 11 is 0. The monoisotopic (exact) mass is 390 g/mol. The van der Waals surface area contributed by atoms with E-state index in [9.17, 15) is 18.4 Å². The molecule has 6 nitrogen and oxygen atoms in total. The number of nitrogens with zero attached hydrogens (tertiary/aromatic N) is 1. The number of halogens is 2. The van der Waals surface area contributed by atoms with E-state index in [4.69, 9.17) is 9.47 Å². The van der Waals surface area contributed by atoms with Crippen molar-refractivity contribution in [3.8, 4) is 17.2 Å². The van der Waals surface area contributed by atoms with Crippen LogP contribution in [0.2, 0.25) is 0 Å². The summed E-state index contributed by atoms with van der Waals surface area (Å²) in [4.78, 5) is 25.5. The predicted molar refractivity (Wildman–Crippen MR) is 99.2 cm³/mol. The van der Waals surface area contributed by atoms with E-state index in [0.29, 0.717) is 11.5 Å². The van der Waals surface area contributed by atoms with Gasteiger partial charge in [0, 0.05) is 12.5 Å². The second-order valence-corrected chi connectivity index (χ2v) is 6.71. The molecule has 1 saturated heterocycles. The van der Waals surface area contributed by atoms with Crippen LogP contribution in [0.25, 0.3) is 0 Å². The lowest BCUT2D eigenvalue weighted by Crippen LogP contribution is -2.44. The third-order valence-electron chi connectivity index (χ3n) is 4.57. The van der Waals surface area contributed by atoms with E-state index in [1.54, 1.807) is 18.2 Å². The van der Waals surface area contributed by atoms with Gasteiger partial charge in [0.2, 0.25) is 0 Å². The Bertz CT molecular complexity index is 934. The molecule has 1 unspecified atom stereocenters. The van der Waals surface area contributed by atoms with Crippen LogP contribution in [0.1, 0.15) is 18.9 Å². The molecule has 0 radical (unpaired) electrons. The molecule has 0 bridgehead atoms. The van der Waals surface area contributed by atoms with Crippen LogP contribution < -0.4 is 19.7 Å². The summed E-state index contributed by atoms with van der Waals surface area (Å²) in [5.74, 6) is -0.724. The summed E-state index contributed by atoms with van der Waals surface area (Å²) < 4.78 is 38.1. The molecule has 28 heavy (non-hydrogen) atoms. The van der Waals surface area contributed by atoms with Gasteiger partial charge in [0.15, 0.2) is 23.1 Å². The third-order valence-corrected chi connectivity index (χ3v) is 4.57. The molecule has 3 amide bonds. The van der Waals surface area contributed by atoms with Gasteiger partial charge in [-0.05, 0) is 43.7 Å². The highest BCUT2D eigenvalue weighted by Crippen LogP contribution is 2.35. The zero-order valence-electron chi connectivity index (χ0n) is 15.7. The van der Waals surface area contributed by atoms with E-state index in [2.05, 4.69) is 5.32 Å². The van der Waals surface area contributed by atoms with Crippen LogP contribution in [0, 0.1) is 12.7 Å².